The molecule has 0 radical (unpaired) electrons. The van der Waals surface area contributed by atoms with E-state index in [0.29, 0.717) is 37.8 Å². The van der Waals surface area contributed by atoms with E-state index >= 15 is 0 Å². The molecule has 1 unspecified atom stereocenters. The number of nitrogens with zero attached hydrogens (tertiary/aromatic N) is 1. The van der Waals surface area contributed by atoms with Crippen LogP contribution in [-0.4, -0.2) is 54.4 Å². The molecule has 0 spiro atoms. The van der Waals surface area contributed by atoms with E-state index in [2.05, 4.69) is 26.8 Å². The standard InChI is InChI=1S/C26H43NO5SSi/c1-8-12-13-14-23-19-27(33(28,29)24-17-15-22(7)16-18-24)20-25(23)26(21(5)6)34(30-9-2,31-10-3)32-11-4/h14-18,25H,8-13,19-20H2,1-7H3/b23-14+. The van der Waals surface area contributed by atoms with Crippen LogP contribution in [0.1, 0.15) is 66.4 Å². The monoisotopic (exact) mass is 509 g/mol. The van der Waals surface area contributed by atoms with Crippen molar-refractivity contribution in [3.05, 3.63) is 52.2 Å². The van der Waals surface area contributed by atoms with Gasteiger partial charge in [0.1, 0.15) is 0 Å². The molecule has 0 saturated carbocycles. The number of aryl methyl sites for hydroxylation is 1. The number of allylic oxidation sites excluding steroid dienone is 2. The van der Waals surface area contributed by atoms with Gasteiger partial charge in [0.05, 0.1) is 4.90 Å². The lowest BCUT2D eigenvalue weighted by Gasteiger charge is -2.34. The molecule has 1 fully saturated rings. The first-order valence-electron chi connectivity index (χ1n) is 12.5. The maximum Gasteiger partial charge on any atom is 0.533 e. The van der Waals surface area contributed by atoms with Gasteiger partial charge in [-0.25, -0.2) is 8.42 Å². The van der Waals surface area contributed by atoms with Gasteiger partial charge in [-0.3, -0.25) is 0 Å². The molecule has 8 heteroatoms. The van der Waals surface area contributed by atoms with E-state index in [0.717, 1.165) is 41.2 Å². The second-order valence-corrected chi connectivity index (χ2v) is 13.3. The molecule has 1 aliphatic rings. The van der Waals surface area contributed by atoms with Crippen molar-refractivity contribution >= 4 is 18.8 Å². The summed E-state index contributed by atoms with van der Waals surface area (Å²) in [5.41, 5.74) is 3.21. The first kappa shape index (κ1) is 28.9. The zero-order valence-corrected chi connectivity index (χ0v) is 23.8. The Hall–Kier alpha value is -1.29. The average molecular weight is 510 g/mol. The Kier molecular flexibility index (Phi) is 11.2. The van der Waals surface area contributed by atoms with Crippen LogP contribution in [-0.2, 0) is 23.3 Å². The highest BCUT2D eigenvalue weighted by Crippen LogP contribution is 2.40. The van der Waals surface area contributed by atoms with Gasteiger partial charge in [-0.1, -0.05) is 54.7 Å². The number of rotatable bonds is 13. The molecule has 1 heterocycles. The van der Waals surface area contributed by atoms with Crippen LogP contribution in [0.25, 0.3) is 0 Å². The Morgan fingerprint density at radius 3 is 2.06 bits per heavy atom. The number of benzene rings is 1. The van der Waals surface area contributed by atoms with Crippen LogP contribution in [0.4, 0.5) is 0 Å². The van der Waals surface area contributed by atoms with Gasteiger partial charge in [0.15, 0.2) is 0 Å². The second kappa shape index (κ2) is 13.1. The normalized spacial score (nSPS) is 18.6. The van der Waals surface area contributed by atoms with Crippen LogP contribution in [0.5, 0.6) is 0 Å². The molecule has 1 saturated heterocycles. The maximum atomic E-state index is 13.6. The highest BCUT2D eigenvalue weighted by Gasteiger charge is 2.52. The van der Waals surface area contributed by atoms with Crippen molar-refractivity contribution in [1.82, 2.24) is 4.31 Å². The maximum absolute atomic E-state index is 13.6. The van der Waals surface area contributed by atoms with Gasteiger partial charge < -0.3 is 13.3 Å². The van der Waals surface area contributed by atoms with Crippen molar-refractivity contribution in [3.8, 4) is 0 Å². The van der Waals surface area contributed by atoms with Gasteiger partial charge in [-0.2, -0.15) is 4.31 Å². The molecule has 34 heavy (non-hydrogen) atoms. The molecule has 0 N–H and O–H groups in total. The second-order valence-electron chi connectivity index (χ2n) is 8.85. The summed E-state index contributed by atoms with van der Waals surface area (Å²) in [7, 11) is -6.83. The van der Waals surface area contributed by atoms with E-state index < -0.39 is 18.8 Å². The zero-order chi connectivity index (χ0) is 25.4. The van der Waals surface area contributed by atoms with Gasteiger partial charge in [-0.05, 0) is 60.1 Å². The topological polar surface area (TPSA) is 65.1 Å². The predicted octanol–water partition coefficient (Wildman–Crippen LogP) is 5.66. The minimum atomic E-state index is -3.63. The van der Waals surface area contributed by atoms with Gasteiger partial charge in [0.2, 0.25) is 10.0 Å². The number of unbranched alkanes of at least 4 members (excludes halogenated alkanes) is 2. The molecule has 0 bridgehead atoms. The van der Waals surface area contributed by atoms with Crippen LogP contribution < -0.4 is 0 Å². The Labute approximate surface area is 208 Å². The summed E-state index contributed by atoms with van der Waals surface area (Å²) in [6.45, 7) is 16.2. The number of hydrogen-bond donors (Lipinski definition) is 0. The van der Waals surface area contributed by atoms with Gasteiger partial charge in [-0.15, -0.1) is 0 Å². The summed E-state index contributed by atoms with van der Waals surface area (Å²) in [5.74, 6) is -0.126. The fourth-order valence-corrected chi connectivity index (χ4v) is 9.13. The molecule has 192 valence electrons. The summed E-state index contributed by atoms with van der Waals surface area (Å²) in [4.78, 5) is 0.327. The Balaban J connectivity index is 2.58. The molecule has 6 nitrogen and oxygen atoms in total. The SMILES string of the molecule is CCCC/C=C1\CN(S(=O)(=O)c2ccc(C)cc2)CC1C(=C(C)C)[Si](OCC)(OCC)OCC. The smallest absolute Gasteiger partial charge is 0.370 e. The Morgan fingerprint density at radius 2 is 1.59 bits per heavy atom. The zero-order valence-electron chi connectivity index (χ0n) is 22.0. The minimum Gasteiger partial charge on any atom is -0.370 e. The molecule has 0 amide bonds. The van der Waals surface area contributed by atoms with Gasteiger partial charge in [0.25, 0.3) is 0 Å². The minimum absolute atomic E-state index is 0.126. The van der Waals surface area contributed by atoms with E-state index in [1.807, 2.05) is 39.8 Å². The quantitative estimate of drug-likeness (QED) is 0.195. The molecule has 0 aromatic heterocycles. The highest BCUT2D eigenvalue weighted by atomic mass is 32.2. The summed E-state index contributed by atoms with van der Waals surface area (Å²) in [5, 5.41) is 1.00. The molecule has 1 aromatic carbocycles. The van der Waals surface area contributed by atoms with Crippen LogP contribution in [0.2, 0.25) is 0 Å². The van der Waals surface area contributed by atoms with Crippen LogP contribution >= 0.6 is 0 Å². The Bertz CT molecular complexity index is 935. The average Bonchev–Trinajstić information content (AvgIpc) is 3.19. The van der Waals surface area contributed by atoms with E-state index in [1.54, 1.807) is 16.4 Å². The third-order valence-corrected chi connectivity index (χ3v) is 11.4. The van der Waals surface area contributed by atoms with E-state index in [4.69, 9.17) is 13.3 Å². The lowest BCUT2D eigenvalue weighted by molar-refractivity contribution is 0.0781. The number of hydrogen-bond acceptors (Lipinski definition) is 5. The van der Waals surface area contributed by atoms with Crippen LogP contribution in [0, 0.1) is 12.8 Å². The molecular formula is C26H43NO5SSi. The molecule has 1 aliphatic heterocycles. The van der Waals surface area contributed by atoms with Crippen molar-refractivity contribution in [1.29, 1.82) is 0 Å². The first-order chi connectivity index (χ1) is 16.2. The molecule has 1 atom stereocenters. The van der Waals surface area contributed by atoms with Crippen molar-refractivity contribution in [2.24, 2.45) is 5.92 Å². The highest BCUT2D eigenvalue weighted by molar-refractivity contribution is 7.89. The largest absolute Gasteiger partial charge is 0.533 e. The van der Waals surface area contributed by atoms with E-state index in [1.165, 1.54) is 0 Å². The molecule has 1 aromatic rings. The number of sulfonamides is 1. The van der Waals surface area contributed by atoms with Crippen molar-refractivity contribution < 1.29 is 21.7 Å². The van der Waals surface area contributed by atoms with Crippen LogP contribution in [0.3, 0.4) is 0 Å². The van der Waals surface area contributed by atoms with Crippen molar-refractivity contribution in [2.45, 2.75) is 72.6 Å². The van der Waals surface area contributed by atoms with Crippen molar-refractivity contribution in [3.63, 3.8) is 0 Å². The third kappa shape index (κ3) is 6.68. The molecular weight excluding hydrogens is 466 g/mol. The fraction of sp³-hybridized carbons (Fsp3) is 0.615. The molecule has 0 aliphatic carbocycles. The molecule has 2 rings (SSSR count). The third-order valence-electron chi connectivity index (χ3n) is 6.04. The summed E-state index contributed by atoms with van der Waals surface area (Å²) in [6.07, 6.45) is 5.30. The summed E-state index contributed by atoms with van der Waals surface area (Å²) >= 11 is 0. The van der Waals surface area contributed by atoms with Gasteiger partial charge >= 0.3 is 8.80 Å². The fourth-order valence-electron chi connectivity index (χ4n) is 4.51. The Morgan fingerprint density at radius 1 is 1.03 bits per heavy atom. The van der Waals surface area contributed by atoms with Gasteiger partial charge in [0, 0.05) is 44.0 Å². The predicted molar refractivity (Wildman–Crippen MR) is 140 cm³/mol. The van der Waals surface area contributed by atoms with Crippen molar-refractivity contribution in [2.75, 3.05) is 32.9 Å². The van der Waals surface area contributed by atoms with E-state index in [-0.39, 0.29) is 5.92 Å². The summed E-state index contributed by atoms with van der Waals surface area (Å²) < 4.78 is 47.6. The van der Waals surface area contributed by atoms with E-state index in [9.17, 15) is 8.42 Å². The lowest BCUT2D eigenvalue weighted by atomic mass is 9.98. The lowest BCUT2D eigenvalue weighted by Crippen LogP contribution is -2.51. The van der Waals surface area contributed by atoms with Crippen LogP contribution in [0.15, 0.2) is 51.6 Å². The first-order valence-corrected chi connectivity index (χ1v) is 15.7. The summed E-state index contributed by atoms with van der Waals surface area (Å²) in [6, 6.07) is 7.08.